The van der Waals surface area contributed by atoms with Gasteiger partial charge in [0.1, 0.15) is 11.0 Å². The summed E-state index contributed by atoms with van der Waals surface area (Å²) in [5, 5.41) is 1.29. The maximum atomic E-state index is 5.95. The third kappa shape index (κ3) is 1.47. The fourth-order valence-corrected chi connectivity index (χ4v) is 1.37. The molecule has 2 heterocycles. The lowest BCUT2D eigenvalue weighted by Crippen LogP contribution is -1.95. The Balaban J connectivity index is 2.77. The van der Waals surface area contributed by atoms with Gasteiger partial charge < -0.3 is 0 Å². The van der Waals surface area contributed by atoms with Crippen molar-refractivity contribution >= 4 is 22.6 Å². The molecule has 0 N–H and O–H groups in total. The molecule has 0 saturated heterocycles. The zero-order chi connectivity index (χ0) is 9.26. The fraction of sp³-hybridized carbons (Fsp3) is 0.222. The highest BCUT2D eigenvalue weighted by molar-refractivity contribution is 6.33. The highest BCUT2D eigenvalue weighted by atomic mass is 35.5. The van der Waals surface area contributed by atoms with E-state index in [-0.39, 0.29) is 0 Å². The number of hydrogen-bond acceptors (Lipinski definition) is 3. The molecular formula is C9H8ClN3. The van der Waals surface area contributed by atoms with Gasteiger partial charge in [-0.15, -0.1) is 0 Å². The smallest absolute Gasteiger partial charge is 0.164 e. The quantitative estimate of drug-likeness (QED) is 0.652. The van der Waals surface area contributed by atoms with Crippen molar-refractivity contribution in [2.45, 2.75) is 13.3 Å². The van der Waals surface area contributed by atoms with Crippen molar-refractivity contribution < 1.29 is 0 Å². The van der Waals surface area contributed by atoms with Gasteiger partial charge >= 0.3 is 0 Å². The predicted molar refractivity (Wildman–Crippen MR) is 51.7 cm³/mol. The predicted octanol–water partition coefficient (Wildman–Crippen LogP) is 2.24. The molecule has 2 rings (SSSR count). The molecule has 0 radical (unpaired) electrons. The number of rotatable bonds is 1. The molecule has 3 nitrogen and oxygen atoms in total. The van der Waals surface area contributed by atoms with Crippen molar-refractivity contribution in [2.75, 3.05) is 0 Å². The topological polar surface area (TPSA) is 38.7 Å². The monoisotopic (exact) mass is 193 g/mol. The summed E-state index contributed by atoms with van der Waals surface area (Å²) in [7, 11) is 0. The largest absolute Gasteiger partial charge is 0.236 e. The van der Waals surface area contributed by atoms with Crippen molar-refractivity contribution in [3.05, 3.63) is 29.3 Å². The van der Waals surface area contributed by atoms with Crippen LogP contribution in [0.5, 0.6) is 0 Å². The summed E-state index contributed by atoms with van der Waals surface area (Å²) in [5.74, 6) is 0.733. The van der Waals surface area contributed by atoms with Gasteiger partial charge in [0.15, 0.2) is 5.65 Å². The molecule has 66 valence electrons. The van der Waals surface area contributed by atoms with Crippen LogP contribution in [-0.4, -0.2) is 15.0 Å². The van der Waals surface area contributed by atoms with Crippen LogP contribution in [0.2, 0.25) is 5.15 Å². The molecule has 0 atom stereocenters. The minimum atomic E-state index is 0.481. The van der Waals surface area contributed by atoms with Gasteiger partial charge in [-0.3, -0.25) is 0 Å². The first-order chi connectivity index (χ1) is 6.31. The second-order valence-corrected chi connectivity index (χ2v) is 3.02. The van der Waals surface area contributed by atoms with Crippen LogP contribution >= 0.6 is 11.6 Å². The molecule has 0 aromatic carbocycles. The number of nitrogens with zero attached hydrogens (tertiary/aromatic N) is 3. The Morgan fingerprint density at radius 1 is 1.38 bits per heavy atom. The molecule has 0 aliphatic carbocycles. The average Bonchev–Trinajstić information content (AvgIpc) is 2.18. The molecule has 4 heteroatoms. The maximum Gasteiger partial charge on any atom is 0.164 e. The van der Waals surface area contributed by atoms with E-state index in [4.69, 9.17) is 11.6 Å². The molecule has 13 heavy (non-hydrogen) atoms. The van der Waals surface area contributed by atoms with Crippen LogP contribution in [0.25, 0.3) is 11.0 Å². The number of aromatic nitrogens is 3. The van der Waals surface area contributed by atoms with Crippen molar-refractivity contribution in [1.82, 2.24) is 15.0 Å². The number of pyridine rings is 1. The Morgan fingerprint density at radius 3 is 3.00 bits per heavy atom. The zero-order valence-corrected chi connectivity index (χ0v) is 7.91. The van der Waals surface area contributed by atoms with Gasteiger partial charge in [0.2, 0.25) is 0 Å². The zero-order valence-electron chi connectivity index (χ0n) is 7.16. The minimum absolute atomic E-state index is 0.481. The molecule has 0 unspecified atom stereocenters. The Morgan fingerprint density at radius 2 is 2.23 bits per heavy atom. The number of halogens is 1. The van der Waals surface area contributed by atoms with E-state index in [2.05, 4.69) is 15.0 Å². The first kappa shape index (κ1) is 8.38. The Labute approximate surface area is 80.8 Å². The average molecular weight is 194 g/mol. The summed E-state index contributed by atoms with van der Waals surface area (Å²) in [6.07, 6.45) is 2.47. The molecule has 0 bridgehead atoms. The van der Waals surface area contributed by atoms with Gasteiger partial charge in [0.25, 0.3) is 0 Å². The summed E-state index contributed by atoms with van der Waals surface area (Å²) >= 11 is 5.95. The van der Waals surface area contributed by atoms with Crippen LogP contribution < -0.4 is 0 Å². The van der Waals surface area contributed by atoms with Crippen LogP contribution in [0.1, 0.15) is 12.7 Å². The van der Waals surface area contributed by atoms with Gasteiger partial charge in [-0.25, -0.2) is 15.0 Å². The van der Waals surface area contributed by atoms with Crippen LogP contribution in [-0.2, 0) is 6.42 Å². The highest BCUT2D eigenvalue weighted by Gasteiger charge is 2.03. The molecule has 2 aromatic rings. The van der Waals surface area contributed by atoms with Crippen molar-refractivity contribution in [1.29, 1.82) is 0 Å². The molecule has 0 aliphatic rings. The lowest BCUT2D eigenvalue weighted by atomic mass is 10.3. The van der Waals surface area contributed by atoms with Gasteiger partial charge in [-0.05, 0) is 12.1 Å². The van der Waals surface area contributed by atoms with E-state index in [1.54, 1.807) is 6.20 Å². The Bertz CT molecular complexity index is 442. The second-order valence-electron chi connectivity index (χ2n) is 2.66. The van der Waals surface area contributed by atoms with Crippen LogP contribution in [0.3, 0.4) is 0 Å². The van der Waals surface area contributed by atoms with E-state index in [0.29, 0.717) is 10.8 Å². The van der Waals surface area contributed by atoms with Gasteiger partial charge in [0.05, 0.1) is 5.39 Å². The number of aryl methyl sites for hydroxylation is 1. The normalized spacial score (nSPS) is 10.6. The molecule has 0 saturated carbocycles. The summed E-state index contributed by atoms with van der Waals surface area (Å²) in [6, 6.07) is 3.69. The second kappa shape index (κ2) is 3.26. The SMILES string of the molecule is CCc1nc(Cl)c2cccnc2n1. The van der Waals surface area contributed by atoms with Gasteiger partial charge in [0, 0.05) is 12.6 Å². The van der Waals surface area contributed by atoms with E-state index in [1.807, 2.05) is 19.1 Å². The van der Waals surface area contributed by atoms with Gasteiger partial charge in [-0.1, -0.05) is 18.5 Å². The van der Waals surface area contributed by atoms with Crippen LogP contribution in [0.4, 0.5) is 0 Å². The highest BCUT2D eigenvalue weighted by Crippen LogP contribution is 2.17. The maximum absolute atomic E-state index is 5.95. The third-order valence-corrected chi connectivity index (χ3v) is 2.08. The molecule has 0 fully saturated rings. The lowest BCUT2D eigenvalue weighted by molar-refractivity contribution is 0.953. The summed E-state index contributed by atoms with van der Waals surface area (Å²) in [4.78, 5) is 12.5. The third-order valence-electron chi connectivity index (χ3n) is 1.79. The van der Waals surface area contributed by atoms with E-state index in [0.717, 1.165) is 17.6 Å². The number of fused-ring (bicyclic) bond motifs is 1. The van der Waals surface area contributed by atoms with E-state index >= 15 is 0 Å². The van der Waals surface area contributed by atoms with Gasteiger partial charge in [-0.2, -0.15) is 0 Å². The molecule has 0 amide bonds. The lowest BCUT2D eigenvalue weighted by Gasteiger charge is -2.00. The van der Waals surface area contributed by atoms with E-state index < -0.39 is 0 Å². The van der Waals surface area contributed by atoms with Crippen molar-refractivity contribution in [3.63, 3.8) is 0 Å². The molecule has 0 aliphatic heterocycles. The Kier molecular flexibility index (Phi) is 2.10. The fourth-order valence-electron chi connectivity index (χ4n) is 1.13. The minimum Gasteiger partial charge on any atom is -0.236 e. The first-order valence-corrected chi connectivity index (χ1v) is 4.46. The Hall–Kier alpha value is -1.22. The van der Waals surface area contributed by atoms with Crippen LogP contribution in [0.15, 0.2) is 18.3 Å². The van der Waals surface area contributed by atoms with Crippen molar-refractivity contribution in [2.24, 2.45) is 0 Å². The first-order valence-electron chi connectivity index (χ1n) is 4.08. The van der Waals surface area contributed by atoms with Crippen molar-refractivity contribution in [3.8, 4) is 0 Å². The standard InChI is InChI=1S/C9H8ClN3/c1-2-7-12-8(10)6-4-3-5-11-9(6)13-7/h3-5H,2H2,1H3. The van der Waals surface area contributed by atoms with E-state index in [9.17, 15) is 0 Å². The summed E-state index contributed by atoms with van der Waals surface area (Å²) in [6.45, 7) is 1.99. The molecule has 0 spiro atoms. The molecule has 2 aromatic heterocycles. The number of hydrogen-bond donors (Lipinski definition) is 0. The summed E-state index contributed by atoms with van der Waals surface area (Å²) in [5.41, 5.74) is 0.666. The molecular weight excluding hydrogens is 186 g/mol. The van der Waals surface area contributed by atoms with Crippen LogP contribution in [0, 0.1) is 0 Å². The van der Waals surface area contributed by atoms with E-state index in [1.165, 1.54) is 0 Å². The summed E-state index contributed by atoms with van der Waals surface area (Å²) < 4.78 is 0.